The lowest BCUT2D eigenvalue weighted by Crippen LogP contribution is -1.88. The van der Waals surface area contributed by atoms with E-state index >= 15 is 0 Å². The summed E-state index contributed by atoms with van der Waals surface area (Å²) in [6.45, 7) is 2.08. The molecule has 0 aliphatic rings. The highest BCUT2D eigenvalue weighted by molar-refractivity contribution is 6.31. The van der Waals surface area contributed by atoms with E-state index in [1.807, 2.05) is 12.1 Å². The van der Waals surface area contributed by atoms with Gasteiger partial charge in [0.15, 0.2) is 0 Å². The number of rotatable bonds is 3. The summed E-state index contributed by atoms with van der Waals surface area (Å²) in [5.41, 5.74) is 2.36. The van der Waals surface area contributed by atoms with Gasteiger partial charge in [0.1, 0.15) is 0 Å². The van der Waals surface area contributed by atoms with E-state index in [2.05, 4.69) is 19.1 Å². The summed E-state index contributed by atoms with van der Waals surface area (Å²) in [6, 6.07) is 8.11. The molecule has 0 fully saturated rings. The number of benzene rings is 1. The van der Waals surface area contributed by atoms with Crippen LogP contribution in [0.25, 0.3) is 0 Å². The molecule has 1 nitrogen and oxygen atoms in total. The summed E-state index contributed by atoms with van der Waals surface area (Å²) < 4.78 is 0. The maximum absolute atomic E-state index is 8.43. The molecule has 0 aliphatic carbocycles. The molecule has 1 rings (SSSR count). The van der Waals surface area contributed by atoms with Crippen molar-refractivity contribution in [3.63, 3.8) is 0 Å². The van der Waals surface area contributed by atoms with Crippen LogP contribution in [0.15, 0.2) is 18.2 Å². The van der Waals surface area contributed by atoms with E-state index < -0.39 is 0 Å². The van der Waals surface area contributed by atoms with Crippen LogP contribution in [-0.4, -0.2) is 0 Å². The lowest BCUT2D eigenvalue weighted by molar-refractivity contribution is 1.000. The summed E-state index contributed by atoms with van der Waals surface area (Å²) >= 11 is 5.97. The minimum absolute atomic E-state index is 0.574. The molecule has 68 valence electrons. The number of hydrogen-bond acceptors (Lipinski definition) is 1. The van der Waals surface area contributed by atoms with Gasteiger partial charge in [-0.25, -0.2) is 0 Å². The maximum Gasteiger partial charge on any atom is 0.0625 e. The van der Waals surface area contributed by atoms with E-state index in [1.54, 1.807) is 0 Å². The molecular formula is C11H12ClN. The Bertz CT molecular complexity index is 325. The Hall–Kier alpha value is -1.000. The number of nitrogens with zero attached hydrogens (tertiary/aromatic N) is 1. The Morgan fingerprint density at radius 2 is 2.23 bits per heavy atom. The fourth-order valence-corrected chi connectivity index (χ4v) is 1.51. The molecule has 0 amide bonds. The number of nitriles is 1. The van der Waals surface area contributed by atoms with Crippen molar-refractivity contribution >= 4 is 11.6 Å². The molecule has 1 aromatic carbocycles. The largest absolute Gasteiger partial charge is 0.198 e. The van der Waals surface area contributed by atoms with Gasteiger partial charge < -0.3 is 0 Å². The first kappa shape index (κ1) is 10.1. The summed E-state index contributed by atoms with van der Waals surface area (Å²) in [5, 5.41) is 9.26. The summed E-state index contributed by atoms with van der Waals surface area (Å²) in [5.74, 6) is 0. The van der Waals surface area contributed by atoms with Gasteiger partial charge in [-0.15, -0.1) is 0 Å². The third kappa shape index (κ3) is 2.75. The van der Waals surface area contributed by atoms with Crippen LogP contribution in [-0.2, 0) is 12.8 Å². The van der Waals surface area contributed by atoms with Crippen molar-refractivity contribution < 1.29 is 0 Å². The number of aryl methyl sites for hydroxylation is 2. The van der Waals surface area contributed by atoms with Gasteiger partial charge in [-0.2, -0.15) is 5.26 Å². The van der Waals surface area contributed by atoms with Crippen molar-refractivity contribution in [3.05, 3.63) is 34.3 Å². The van der Waals surface area contributed by atoms with Crippen molar-refractivity contribution in [2.24, 2.45) is 0 Å². The first-order valence-corrected chi connectivity index (χ1v) is 4.80. The Kier molecular flexibility index (Phi) is 3.79. The highest BCUT2D eigenvalue weighted by Crippen LogP contribution is 2.18. The molecule has 1 aromatic rings. The average Bonchev–Trinajstić information content (AvgIpc) is 2.16. The zero-order valence-electron chi connectivity index (χ0n) is 7.68. The van der Waals surface area contributed by atoms with E-state index in [4.69, 9.17) is 16.9 Å². The first-order valence-electron chi connectivity index (χ1n) is 4.42. The van der Waals surface area contributed by atoms with E-state index in [0.717, 1.165) is 23.4 Å². The predicted octanol–water partition coefficient (Wildman–Crippen LogP) is 3.36. The van der Waals surface area contributed by atoms with Crippen LogP contribution in [0.1, 0.15) is 24.5 Å². The molecule has 2 heteroatoms. The van der Waals surface area contributed by atoms with Gasteiger partial charge in [0.25, 0.3) is 0 Å². The number of hydrogen-bond donors (Lipinski definition) is 0. The molecule has 0 aliphatic heterocycles. The van der Waals surface area contributed by atoms with E-state index in [1.165, 1.54) is 5.56 Å². The van der Waals surface area contributed by atoms with Crippen LogP contribution in [0.5, 0.6) is 0 Å². The lowest BCUT2D eigenvalue weighted by Gasteiger charge is -2.03. The minimum Gasteiger partial charge on any atom is -0.198 e. The van der Waals surface area contributed by atoms with Crippen molar-refractivity contribution in [1.82, 2.24) is 0 Å². The van der Waals surface area contributed by atoms with Gasteiger partial charge in [0.2, 0.25) is 0 Å². The second-order valence-electron chi connectivity index (χ2n) is 2.94. The highest BCUT2D eigenvalue weighted by atomic mass is 35.5. The standard InChI is InChI=1S/C11H12ClN/c1-2-10-8-9(4-3-7-13)5-6-11(10)12/h5-6,8H,2-4H2,1H3. The van der Waals surface area contributed by atoms with E-state index in [9.17, 15) is 0 Å². The van der Waals surface area contributed by atoms with Gasteiger partial charge in [0.05, 0.1) is 6.07 Å². The molecule has 0 radical (unpaired) electrons. The zero-order valence-corrected chi connectivity index (χ0v) is 8.43. The quantitative estimate of drug-likeness (QED) is 0.722. The molecule has 0 heterocycles. The molecular weight excluding hydrogens is 182 g/mol. The Labute approximate surface area is 84.0 Å². The second-order valence-corrected chi connectivity index (χ2v) is 3.34. The average molecular weight is 194 g/mol. The fourth-order valence-electron chi connectivity index (χ4n) is 1.25. The molecule has 0 N–H and O–H groups in total. The first-order chi connectivity index (χ1) is 6.27. The van der Waals surface area contributed by atoms with E-state index in [-0.39, 0.29) is 0 Å². The summed E-state index contributed by atoms with van der Waals surface area (Å²) in [6.07, 6.45) is 2.34. The van der Waals surface area contributed by atoms with Crippen LogP contribution in [0.2, 0.25) is 5.02 Å². The SMILES string of the molecule is CCc1cc(CCC#N)ccc1Cl. The molecule has 0 saturated heterocycles. The Morgan fingerprint density at radius 1 is 1.46 bits per heavy atom. The summed E-state index contributed by atoms with van der Waals surface area (Å²) in [4.78, 5) is 0. The zero-order chi connectivity index (χ0) is 9.68. The molecule has 0 atom stereocenters. The van der Waals surface area contributed by atoms with Gasteiger partial charge in [-0.1, -0.05) is 30.7 Å². The Balaban J connectivity index is 2.81. The molecule has 0 saturated carbocycles. The lowest BCUT2D eigenvalue weighted by atomic mass is 10.1. The molecule has 0 bridgehead atoms. The molecule has 0 spiro atoms. The maximum atomic E-state index is 8.43. The third-order valence-corrected chi connectivity index (χ3v) is 2.39. The smallest absolute Gasteiger partial charge is 0.0625 e. The van der Waals surface area contributed by atoms with Crippen molar-refractivity contribution in [2.75, 3.05) is 0 Å². The Morgan fingerprint density at radius 3 is 2.85 bits per heavy atom. The second kappa shape index (κ2) is 4.89. The van der Waals surface area contributed by atoms with Crippen LogP contribution < -0.4 is 0 Å². The van der Waals surface area contributed by atoms with Crippen molar-refractivity contribution in [1.29, 1.82) is 5.26 Å². The molecule has 0 unspecified atom stereocenters. The number of halogens is 1. The monoisotopic (exact) mass is 193 g/mol. The van der Waals surface area contributed by atoms with Crippen LogP contribution in [0.3, 0.4) is 0 Å². The van der Waals surface area contributed by atoms with Crippen LogP contribution in [0.4, 0.5) is 0 Å². The van der Waals surface area contributed by atoms with Gasteiger partial charge in [0, 0.05) is 11.4 Å². The van der Waals surface area contributed by atoms with Crippen LogP contribution >= 0.6 is 11.6 Å². The molecule has 13 heavy (non-hydrogen) atoms. The van der Waals surface area contributed by atoms with Gasteiger partial charge in [-0.3, -0.25) is 0 Å². The topological polar surface area (TPSA) is 23.8 Å². The van der Waals surface area contributed by atoms with Crippen LogP contribution in [0, 0.1) is 11.3 Å². The fraction of sp³-hybridized carbons (Fsp3) is 0.364. The third-order valence-electron chi connectivity index (χ3n) is 2.02. The van der Waals surface area contributed by atoms with Gasteiger partial charge in [-0.05, 0) is 30.0 Å². The predicted molar refractivity (Wildman–Crippen MR) is 54.8 cm³/mol. The van der Waals surface area contributed by atoms with Crippen molar-refractivity contribution in [3.8, 4) is 6.07 Å². The van der Waals surface area contributed by atoms with E-state index in [0.29, 0.717) is 6.42 Å². The minimum atomic E-state index is 0.574. The summed E-state index contributed by atoms with van der Waals surface area (Å²) in [7, 11) is 0. The van der Waals surface area contributed by atoms with Crippen molar-refractivity contribution in [2.45, 2.75) is 26.2 Å². The van der Waals surface area contributed by atoms with Gasteiger partial charge >= 0.3 is 0 Å². The normalized spacial score (nSPS) is 9.62. The highest BCUT2D eigenvalue weighted by Gasteiger charge is 1.99. The molecule has 0 aromatic heterocycles.